The summed E-state index contributed by atoms with van der Waals surface area (Å²) in [7, 11) is 0. The van der Waals surface area contributed by atoms with Crippen molar-refractivity contribution < 1.29 is 9.90 Å². The van der Waals surface area contributed by atoms with E-state index in [1.54, 1.807) is 0 Å². The topological polar surface area (TPSA) is 37.3 Å². The van der Waals surface area contributed by atoms with E-state index in [2.05, 4.69) is 0 Å². The molecular formula is C7H10O2S. The average Bonchev–Trinajstić information content (AvgIpc) is 2.11. The second-order valence-electron chi connectivity index (χ2n) is 2.59. The summed E-state index contributed by atoms with van der Waals surface area (Å²) in [5.74, 6) is 0.888. The van der Waals surface area contributed by atoms with Gasteiger partial charge in [0.2, 0.25) is 5.12 Å². The van der Waals surface area contributed by atoms with Crippen molar-refractivity contribution in [2.24, 2.45) is 5.92 Å². The molecule has 2 nitrogen and oxygen atoms in total. The minimum absolute atomic E-state index is 0.0347. The summed E-state index contributed by atoms with van der Waals surface area (Å²) in [6, 6.07) is 0. The molecule has 0 aromatic rings. The lowest BCUT2D eigenvalue weighted by atomic mass is 10.0. The van der Waals surface area contributed by atoms with Crippen LogP contribution in [-0.4, -0.2) is 16.0 Å². The van der Waals surface area contributed by atoms with E-state index < -0.39 is 0 Å². The molecule has 0 saturated carbocycles. The second-order valence-corrected chi connectivity index (χ2v) is 3.54. The monoisotopic (exact) mass is 158 g/mol. The molecule has 0 aromatic heterocycles. The standard InChI is InChI=1S/C7H10O2S/c1-4(2)6-5(8)3-10-7(6)9/h4,8H,3H2,1-2H3. The zero-order valence-electron chi connectivity index (χ0n) is 6.05. The van der Waals surface area contributed by atoms with E-state index in [4.69, 9.17) is 5.11 Å². The highest BCUT2D eigenvalue weighted by molar-refractivity contribution is 8.14. The fraction of sp³-hybridized carbons (Fsp3) is 0.571. The number of rotatable bonds is 1. The molecule has 1 aliphatic heterocycles. The van der Waals surface area contributed by atoms with Crippen molar-refractivity contribution in [2.75, 3.05) is 5.75 Å². The fourth-order valence-electron chi connectivity index (χ4n) is 0.976. The third kappa shape index (κ3) is 1.19. The van der Waals surface area contributed by atoms with Crippen LogP contribution in [0.3, 0.4) is 0 Å². The van der Waals surface area contributed by atoms with Gasteiger partial charge in [-0.05, 0) is 5.92 Å². The summed E-state index contributed by atoms with van der Waals surface area (Å²) in [5.41, 5.74) is 0.602. The highest BCUT2D eigenvalue weighted by atomic mass is 32.2. The van der Waals surface area contributed by atoms with E-state index in [0.29, 0.717) is 11.3 Å². The molecule has 0 spiro atoms. The van der Waals surface area contributed by atoms with Gasteiger partial charge in [0.1, 0.15) is 5.76 Å². The third-order valence-electron chi connectivity index (χ3n) is 1.45. The Hall–Kier alpha value is -0.440. The first kappa shape index (κ1) is 7.66. The van der Waals surface area contributed by atoms with Crippen LogP contribution in [0.1, 0.15) is 13.8 Å². The normalized spacial score (nSPS) is 19.3. The van der Waals surface area contributed by atoms with Crippen LogP contribution in [-0.2, 0) is 4.79 Å². The zero-order chi connectivity index (χ0) is 7.72. The van der Waals surface area contributed by atoms with E-state index in [1.807, 2.05) is 13.8 Å². The van der Waals surface area contributed by atoms with E-state index in [0.717, 1.165) is 0 Å². The molecule has 10 heavy (non-hydrogen) atoms. The van der Waals surface area contributed by atoms with Crippen LogP contribution in [0.2, 0.25) is 0 Å². The van der Waals surface area contributed by atoms with Crippen molar-refractivity contribution in [3.8, 4) is 0 Å². The number of carbonyl (C=O) groups excluding carboxylic acids is 1. The van der Waals surface area contributed by atoms with Crippen molar-refractivity contribution in [1.29, 1.82) is 0 Å². The fourth-order valence-corrected chi connectivity index (χ4v) is 1.91. The molecule has 1 aliphatic rings. The molecular weight excluding hydrogens is 148 g/mol. The Bertz CT molecular complexity index is 194. The number of thioether (sulfide) groups is 1. The lowest BCUT2D eigenvalue weighted by molar-refractivity contribution is -0.108. The molecule has 0 radical (unpaired) electrons. The number of aliphatic hydroxyl groups is 1. The number of aliphatic hydroxyl groups excluding tert-OH is 1. The molecule has 0 atom stereocenters. The molecule has 3 heteroatoms. The van der Waals surface area contributed by atoms with Crippen LogP contribution in [0, 0.1) is 5.92 Å². The third-order valence-corrected chi connectivity index (χ3v) is 2.35. The summed E-state index contributed by atoms with van der Waals surface area (Å²) >= 11 is 1.18. The lowest BCUT2D eigenvalue weighted by Gasteiger charge is -2.02. The molecule has 0 fully saturated rings. The molecule has 1 rings (SSSR count). The maximum Gasteiger partial charge on any atom is 0.219 e. The quantitative estimate of drug-likeness (QED) is 0.631. The zero-order valence-corrected chi connectivity index (χ0v) is 6.86. The van der Waals surface area contributed by atoms with Gasteiger partial charge >= 0.3 is 0 Å². The van der Waals surface area contributed by atoms with Crippen LogP contribution in [0.15, 0.2) is 11.3 Å². The van der Waals surface area contributed by atoms with Crippen LogP contribution in [0.4, 0.5) is 0 Å². The van der Waals surface area contributed by atoms with Crippen LogP contribution < -0.4 is 0 Å². The maximum absolute atomic E-state index is 11.0. The van der Waals surface area contributed by atoms with Gasteiger partial charge in [-0.2, -0.15) is 0 Å². The largest absolute Gasteiger partial charge is 0.511 e. The van der Waals surface area contributed by atoms with Gasteiger partial charge in [0.05, 0.1) is 5.75 Å². The molecule has 1 heterocycles. The highest BCUT2D eigenvalue weighted by Gasteiger charge is 2.25. The second kappa shape index (κ2) is 2.66. The minimum atomic E-state index is 0.0347. The first-order valence-electron chi connectivity index (χ1n) is 3.22. The van der Waals surface area contributed by atoms with Crippen molar-refractivity contribution in [1.82, 2.24) is 0 Å². The molecule has 0 aromatic carbocycles. The van der Waals surface area contributed by atoms with Crippen molar-refractivity contribution >= 4 is 16.9 Å². The highest BCUT2D eigenvalue weighted by Crippen LogP contribution is 2.29. The first-order valence-corrected chi connectivity index (χ1v) is 4.20. The van der Waals surface area contributed by atoms with Gasteiger partial charge in [-0.3, -0.25) is 4.79 Å². The smallest absolute Gasteiger partial charge is 0.219 e. The van der Waals surface area contributed by atoms with Crippen LogP contribution >= 0.6 is 11.8 Å². The summed E-state index contributed by atoms with van der Waals surface area (Å²) < 4.78 is 0. The minimum Gasteiger partial charge on any atom is -0.511 e. The van der Waals surface area contributed by atoms with E-state index >= 15 is 0 Å². The average molecular weight is 158 g/mol. The van der Waals surface area contributed by atoms with E-state index in [1.165, 1.54) is 11.8 Å². The molecule has 0 aliphatic carbocycles. The van der Waals surface area contributed by atoms with E-state index in [-0.39, 0.29) is 16.8 Å². The van der Waals surface area contributed by atoms with E-state index in [9.17, 15) is 4.79 Å². The van der Waals surface area contributed by atoms with Crippen molar-refractivity contribution in [3.05, 3.63) is 11.3 Å². The summed E-state index contributed by atoms with van der Waals surface area (Å²) in [6.07, 6.45) is 0. The Kier molecular flexibility index (Phi) is 2.04. The predicted octanol–water partition coefficient (Wildman–Crippen LogP) is 1.73. The SMILES string of the molecule is CC(C)C1=C(O)CSC1=O. The Morgan fingerprint density at radius 3 is 2.40 bits per heavy atom. The summed E-state index contributed by atoms with van der Waals surface area (Å²) in [5, 5.41) is 9.20. The Balaban J connectivity index is 2.88. The van der Waals surface area contributed by atoms with Gasteiger partial charge in [0.25, 0.3) is 0 Å². The van der Waals surface area contributed by atoms with Gasteiger partial charge in [0, 0.05) is 5.57 Å². The maximum atomic E-state index is 11.0. The number of hydrogen-bond donors (Lipinski definition) is 1. The summed E-state index contributed by atoms with van der Waals surface area (Å²) in [6.45, 7) is 3.82. The Labute approximate surface area is 64.3 Å². The number of carbonyl (C=O) groups is 1. The van der Waals surface area contributed by atoms with Gasteiger partial charge in [-0.25, -0.2) is 0 Å². The van der Waals surface area contributed by atoms with Crippen molar-refractivity contribution in [3.63, 3.8) is 0 Å². The van der Waals surface area contributed by atoms with Gasteiger partial charge in [0.15, 0.2) is 0 Å². The molecule has 56 valence electrons. The Morgan fingerprint density at radius 1 is 1.60 bits per heavy atom. The molecule has 0 bridgehead atoms. The molecule has 0 unspecified atom stereocenters. The first-order chi connectivity index (χ1) is 4.63. The molecule has 1 N–H and O–H groups in total. The molecule has 0 saturated heterocycles. The van der Waals surface area contributed by atoms with Gasteiger partial charge in [-0.1, -0.05) is 25.6 Å². The van der Waals surface area contributed by atoms with Crippen molar-refractivity contribution in [2.45, 2.75) is 13.8 Å². The Morgan fingerprint density at radius 2 is 2.20 bits per heavy atom. The molecule has 0 amide bonds. The van der Waals surface area contributed by atoms with Gasteiger partial charge in [-0.15, -0.1) is 0 Å². The predicted molar refractivity (Wildman–Crippen MR) is 42.0 cm³/mol. The van der Waals surface area contributed by atoms with Crippen LogP contribution in [0.5, 0.6) is 0 Å². The summed E-state index contributed by atoms with van der Waals surface area (Å²) in [4.78, 5) is 11.0. The lowest BCUT2D eigenvalue weighted by Crippen LogP contribution is -2.01. The number of hydrogen-bond acceptors (Lipinski definition) is 3. The van der Waals surface area contributed by atoms with Gasteiger partial charge < -0.3 is 5.11 Å². The van der Waals surface area contributed by atoms with Crippen LogP contribution in [0.25, 0.3) is 0 Å².